The van der Waals surface area contributed by atoms with Crippen molar-refractivity contribution in [3.8, 4) is 5.69 Å². The summed E-state index contributed by atoms with van der Waals surface area (Å²) in [5.74, 6) is -0.0207. The number of aryl methyl sites for hydroxylation is 1. The predicted octanol–water partition coefficient (Wildman–Crippen LogP) is 5.12. The fourth-order valence-electron chi connectivity index (χ4n) is 2.72. The molecule has 0 saturated carbocycles. The van der Waals surface area contributed by atoms with E-state index in [1.54, 1.807) is 18.3 Å². The Bertz CT molecular complexity index is 829. The molecule has 0 aliphatic rings. The van der Waals surface area contributed by atoms with Crippen LogP contribution in [0, 0.1) is 13.8 Å². The number of Topliss-reactive ketones (excluding diaryl/α,β-unsaturated/α-hetero) is 1. The highest BCUT2D eigenvalue weighted by Gasteiger charge is 2.20. The van der Waals surface area contributed by atoms with Crippen molar-refractivity contribution in [3.63, 3.8) is 0 Å². The Balaban J connectivity index is 2.16. The minimum absolute atomic E-state index is 0.0207. The van der Waals surface area contributed by atoms with Gasteiger partial charge in [0.1, 0.15) is 0 Å². The molecule has 2 heterocycles. The molecule has 0 saturated heterocycles. The van der Waals surface area contributed by atoms with E-state index in [9.17, 15) is 4.79 Å². The van der Waals surface area contributed by atoms with Crippen molar-refractivity contribution in [2.75, 3.05) is 0 Å². The number of halogens is 1. The normalized spacial score (nSPS) is 12.8. The summed E-state index contributed by atoms with van der Waals surface area (Å²) in [6.45, 7) is 5.70. The summed E-state index contributed by atoms with van der Waals surface area (Å²) in [4.78, 5) is 12.2. The smallest absolute Gasteiger partial charge is 0.182 e. The number of nitrogens with zero attached hydrogens (tertiary/aromatic N) is 1. The summed E-state index contributed by atoms with van der Waals surface area (Å²) in [5.41, 5.74) is 3.78. The van der Waals surface area contributed by atoms with Crippen molar-refractivity contribution >= 4 is 38.8 Å². The van der Waals surface area contributed by atoms with Crippen molar-refractivity contribution in [2.45, 2.75) is 26.1 Å². The molecule has 3 aromatic rings. The number of thiophene rings is 1. The molecular weight excluding hydrogens is 302 g/mol. The molecular formula is C17H16ClNOS. The van der Waals surface area contributed by atoms with E-state index in [1.807, 2.05) is 19.9 Å². The molecule has 0 bridgehead atoms. The van der Waals surface area contributed by atoms with Crippen LogP contribution in [0.4, 0.5) is 0 Å². The third-order valence-corrected chi connectivity index (χ3v) is 4.85. The zero-order chi connectivity index (χ0) is 15.1. The number of carbonyl (C=O) groups excluding carboxylic acids is 1. The van der Waals surface area contributed by atoms with Gasteiger partial charge in [0.2, 0.25) is 0 Å². The third-order valence-electron chi connectivity index (χ3n) is 3.75. The summed E-state index contributed by atoms with van der Waals surface area (Å²) in [6.07, 6.45) is 0. The maximum Gasteiger partial charge on any atom is 0.182 e. The first-order valence-corrected chi connectivity index (χ1v) is 8.15. The Labute approximate surface area is 133 Å². The Hall–Kier alpha value is -1.58. The molecule has 108 valence electrons. The lowest BCUT2D eigenvalue weighted by atomic mass is 10.1. The lowest BCUT2D eigenvalue weighted by Crippen LogP contribution is -2.11. The van der Waals surface area contributed by atoms with Crippen LogP contribution in [-0.4, -0.2) is 15.7 Å². The number of hydrogen-bond acceptors (Lipinski definition) is 2. The van der Waals surface area contributed by atoms with E-state index < -0.39 is 5.38 Å². The molecule has 0 aliphatic carbocycles. The molecule has 2 nitrogen and oxygen atoms in total. The number of fused-ring (bicyclic) bond motifs is 1. The third kappa shape index (κ3) is 2.41. The number of alkyl halides is 1. The molecule has 2 aromatic heterocycles. The highest BCUT2D eigenvalue weighted by molar-refractivity contribution is 7.17. The lowest BCUT2D eigenvalue weighted by molar-refractivity contribution is 0.0991. The van der Waals surface area contributed by atoms with E-state index in [0.717, 1.165) is 17.1 Å². The summed E-state index contributed by atoms with van der Waals surface area (Å²) in [6, 6.07) is 10.4. The average molecular weight is 318 g/mol. The molecule has 0 aliphatic heterocycles. The number of ketones is 1. The minimum atomic E-state index is -0.502. The molecule has 0 amide bonds. The van der Waals surface area contributed by atoms with Crippen molar-refractivity contribution in [1.29, 1.82) is 0 Å². The number of benzene rings is 1. The fraction of sp³-hybridized carbons (Fsp3) is 0.235. The van der Waals surface area contributed by atoms with Gasteiger partial charge in [0, 0.05) is 27.3 Å². The van der Waals surface area contributed by atoms with Gasteiger partial charge in [-0.2, -0.15) is 0 Å². The highest BCUT2D eigenvalue weighted by Crippen LogP contribution is 2.27. The van der Waals surface area contributed by atoms with Crippen molar-refractivity contribution in [3.05, 3.63) is 52.7 Å². The fourth-order valence-corrected chi connectivity index (χ4v) is 3.61. The number of aromatic nitrogens is 1. The molecule has 21 heavy (non-hydrogen) atoms. The van der Waals surface area contributed by atoms with Gasteiger partial charge < -0.3 is 4.57 Å². The van der Waals surface area contributed by atoms with Crippen LogP contribution in [0.1, 0.15) is 28.7 Å². The number of carbonyl (C=O) groups is 1. The van der Waals surface area contributed by atoms with Crippen molar-refractivity contribution < 1.29 is 4.79 Å². The molecule has 1 atom stereocenters. The van der Waals surface area contributed by atoms with Crippen LogP contribution in [0.3, 0.4) is 0 Å². The largest absolute Gasteiger partial charge is 0.318 e. The van der Waals surface area contributed by atoms with Gasteiger partial charge in [0.25, 0.3) is 0 Å². The molecule has 0 N–H and O–H groups in total. The van der Waals surface area contributed by atoms with Crippen LogP contribution >= 0.6 is 22.9 Å². The van der Waals surface area contributed by atoms with E-state index in [-0.39, 0.29) is 5.78 Å². The molecule has 3 rings (SSSR count). The Kier molecular flexibility index (Phi) is 3.64. The van der Waals surface area contributed by atoms with Crippen LogP contribution in [0.5, 0.6) is 0 Å². The quantitative estimate of drug-likeness (QED) is 0.485. The summed E-state index contributed by atoms with van der Waals surface area (Å²) in [5, 5.41) is 2.82. The second-order valence-electron chi connectivity index (χ2n) is 5.24. The van der Waals surface area contributed by atoms with Crippen LogP contribution < -0.4 is 0 Å². The molecule has 4 heteroatoms. The standard InChI is InChI=1S/C17H16ClNOS/c1-10-8-15(17(20)11(2)18)12(3)19(10)14-4-5-16-13(9-14)6-7-21-16/h4-9,11H,1-3H3. The second kappa shape index (κ2) is 5.32. The first-order chi connectivity index (χ1) is 9.99. The number of rotatable bonds is 3. The van der Waals surface area contributed by atoms with Crippen molar-refractivity contribution in [2.24, 2.45) is 0 Å². The first-order valence-electron chi connectivity index (χ1n) is 6.84. The Morgan fingerprint density at radius 1 is 1.24 bits per heavy atom. The van der Waals surface area contributed by atoms with E-state index in [4.69, 9.17) is 11.6 Å². The van der Waals surface area contributed by atoms with E-state index in [0.29, 0.717) is 5.56 Å². The van der Waals surface area contributed by atoms with Gasteiger partial charge in [-0.15, -0.1) is 22.9 Å². The van der Waals surface area contributed by atoms with Gasteiger partial charge in [0.15, 0.2) is 5.78 Å². The van der Waals surface area contributed by atoms with Gasteiger partial charge in [-0.3, -0.25) is 4.79 Å². The van der Waals surface area contributed by atoms with E-state index in [1.165, 1.54) is 10.1 Å². The number of hydrogen-bond donors (Lipinski definition) is 0. The molecule has 0 spiro atoms. The summed E-state index contributed by atoms with van der Waals surface area (Å²) < 4.78 is 3.38. The van der Waals surface area contributed by atoms with Crippen molar-refractivity contribution in [1.82, 2.24) is 4.57 Å². The Morgan fingerprint density at radius 3 is 2.71 bits per heavy atom. The average Bonchev–Trinajstić information content (AvgIpc) is 3.01. The zero-order valence-corrected chi connectivity index (χ0v) is 13.8. The Morgan fingerprint density at radius 2 is 2.00 bits per heavy atom. The highest BCUT2D eigenvalue weighted by atomic mass is 35.5. The van der Waals surface area contributed by atoms with Gasteiger partial charge >= 0.3 is 0 Å². The predicted molar refractivity (Wildman–Crippen MR) is 90.3 cm³/mol. The van der Waals surface area contributed by atoms with Gasteiger partial charge in [-0.1, -0.05) is 0 Å². The minimum Gasteiger partial charge on any atom is -0.318 e. The van der Waals surface area contributed by atoms with E-state index >= 15 is 0 Å². The molecule has 1 aromatic carbocycles. The zero-order valence-electron chi connectivity index (χ0n) is 12.2. The first kappa shape index (κ1) is 14.4. The van der Waals surface area contributed by atoms with Gasteiger partial charge in [-0.05, 0) is 61.9 Å². The maximum atomic E-state index is 12.2. The van der Waals surface area contributed by atoms with Crippen LogP contribution in [0.25, 0.3) is 15.8 Å². The topological polar surface area (TPSA) is 22.0 Å². The molecule has 0 radical (unpaired) electrons. The summed E-state index contributed by atoms with van der Waals surface area (Å²) >= 11 is 7.68. The summed E-state index contributed by atoms with van der Waals surface area (Å²) in [7, 11) is 0. The maximum absolute atomic E-state index is 12.2. The van der Waals surface area contributed by atoms with Gasteiger partial charge in [0.05, 0.1) is 5.38 Å². The van der Waals surface area contributed by atoms with E-state index in [2.05, 4.69) is 34.2 Å². The van der Waals surface area contributed by atoms with Crippen LogP contribution in [0.15, 0.2) is 35.7 Å². The SMILES string of the molecule is Cc1cc(C(=O)C(C)Cl)c(C)n1-c1ccc2sccc2c1. The monoisotopic (exact) mass is 317 g/mol. The molecule has 1 unspecified atom stereocenters. The lowest BCUT2D eigenvalue weighted by Gasteiger charge is -2.10. The van der Waals surface area contributed by atoms with Crippen LogP contribution in [-0.2, 0) is 0 Å². The van der Waals surface area contributed by atoms with Crippen LogP contribution in [0.2, 0.25) is 0 Å². The van der Waals surface area contributed by atoms with Gasteiger partial charge in [-0.25, -0.2) is 0 Å². The second-order valence-corrected chi connectivity index (χ2v) is 6.85. The molecule has 0 fully saturated rings.